The molecule has 0 aromatic rings. The van der Waals surface area contributed by atoms with Gasteiger partial charge < -0.3 is 10.2 Å². The minimum absolute atomic E-state index is 0.297. The van der Waals surface area contributed by atoms with Crippen LogP contribution in [-0.4, -0.2) is 31.6 Å². The summed E-state index contributed by atoms with van der Waals surface area (Å²) < 4.78 is -0.297. The Balaban J connectivity index is 1.83. The van der Waals surface area contributed by atoms with Crippen LogP contribution in [-0.2, 0) is 9.59 Å². The number of carbonyl (C=O) groups excluding carboxylic acids is 1. The van der Waals surface area contributed by atoms with Gasteiger partial charge in [-0.05, 0) is 50.4 Å². The van der Waals surface area contributed by atoms with Gasteiger partial charge in [0.25, 0.3) is 5.12 Å². The lowest BCUT2D eigenvalue weighted by atomic mass is 9.54. The van der Waals surface area contributed by atoms with Crippen molar-refractivity contribution >= 4 is 22.8 Å². The summed E-state index contributed by atoms with van der Waals surface area (Å²) in [7, 11) is 0. The van der Waals surface area contributed by atoms with E-state index in [1.54, 1.807) is 0 Å². The largest absolute Gasteiger partial charge is 0.475 e. The lowest BCUT2D eigenvalue weighted by Gasteiger charge is -2.59. The number of carboxylic acid groups (broad SMARTS) is 1. The Morgan fingerprint density at radius 3 is 2.18 bits per heavy atom. The molecule has 0 radical (unpaired) electrons. The van der Waals surface area contributed by atoms with Crippen molar-refractivity contribution in [2.45, 2.75) is 48.9 Å². The zero-order valence-electron chi connectivity index (χ0n) is 9.52. The molecule has 17 heavy (non-hydrogen) atoms. The molecule has 4 nitrogen and oxygen atoms in total. The van der Waals surface area contributed by atoms with Crippen LogP contribution in [0.4, 0.5) is 0 Å². The van der Waals surface area contributed by atoms with Crippen molar-refractivity contribution in [3.05, 3.63) is 0 Å². The second-order valence-corrected chi connectivity index (χ2v) is 7.50. The zero-order valence-corrected chi connectivity index (χ0v) is 10.3. The molecule has 4 fully saturated rings. The Bertz CT molecular complexity index is 378. The van der Waals surface area contributed by atoms with Gasteiger partial charge in [0.15, 0.2) is 0 Å². The Hall–Kier alpha value is -0.550. The van der Waals surface area contributed by atoms with Crippen LogP contribution in [0, 0.1) is 11.8 Å². The highest BCUT2D eigenvalue weighted by molar-refractivity contribution is 8.16. The van der Waals surface area contributed by atoms with Gasteiger partial charge in [-0.25, -0.2) is 4.79 Å². The molecule has 0 saturated heterocycles. The number of hydrogen-bond donors (Lipinski definition) is 2. The summed E-state index contributed by atoms with van der Waals surface area (Å²) in [6.07, 6.45) is 5.22. The van der Waals surface area contributed by atoms with E-state index in [4.69, 9.17) is 5.11 Å². The molecule has 4 aliphatic rings. The van der Waals surface area contributed by atoms with E-state index < -0.39 is 16.7 Å². The maximum Gasteiger partial charge on any atom is 0.383 e. The van der Waals surface area contributed by atoms with Gasteiger partial charge in [-0.2, -0.15) is 0 Å². The number of thioether (sulfide) groups is 1. The summed E-state index contributed by atoms with van der Waals surface area (Å²) in [5.41, 5.74) is -0.629. The molecule has 2 atom stereocenters. The predicted molar refractivity (Wildman–Crippen MR) is 62.6 cm³/mol. The minimum Gasteiger partial charge on any atom is -0.475 e. The first kappa shape index (κ1) is 11.5. The lowest BCUT2D eigenvalue weighted by molar-refractivity contribution is -0.145. The molecule has 0 heterocycles. The standard InChI is InChI=1S/C12H16O4S/c13-9(14)10(15)17-12-4-7-1-8(5-12)3-11(16,2-7)6-12/h7-8,16H,1-6H2,(H,13,14). The maximum absolute atomic E-state index is 11.4. The molecule has 0 aliphatic heterocycles. The summed E-state index contributed by atoms with van der Waals surface area (Å²) in [5, 5.41) is 18.4. The van der Waals surface area contributed by atoms with Crippen LogP contribution in [0.3, 0.4) is 0 Å². The molecule has 4 saturated carbocycles. The molecule has 0 amide bonds. The minimum atomic E-state index is -1.36. The maximum atomic E-state index is 11.4. The number of aliphatic carboxylic acids is 1. The number of aliphatic hydroxyl groups is 1. The quantitative estimate of drug-likeness (QED) is 0.694. The van der Waals surface area contributed by atoms with Crippen LogP contribution in [0.2, 0.25) is 0 Å². The zero-order chi connectivity index (χ0) is 12.3. The molecule has 94 valence electrons. The fourth-order valence-corrected chi connectivity index (χ4v) is 5.95. The Morgan fingerprint density at radius 2 is 1.71 bits per heavy atom. The van der Waals surface area contributed by atoms with Crippen LogP contribution >= 0.6 is 11.8 Å². The van der Waals surface area contributed by atoms with Gasteiger partial charge in [-0.1, -0.05) is 11.8 Å². The second kappa shape index (κ2) is 3.48. The first-order valence-electron chi connectivity index (χ1n) is 6.08. The van der Waals surface area contributed by atoms with Gasteiger partial charge in [-0.15, -0.1) is 0 Å². The normalized spacial score (nSPS) is 47.1. The van der Waals surface area contributed by atoms with Gasteiger partial charge in [0.2, 0.25) is 0 Å². The lowest BCUT2D eigenvalue weighted by Crippen LogP contribution is -2.58. The first-order chi connectivity index (χ1) is 7.90. The summed E-state index contributed by atoms with van der Waals surface area (Å²) >= 11 is 0.965. The van der Waals surface area contributed by atoms with Crippen molar-refractivity contribution in [3.8, 4) is 0 Å². The Kier molecular flexibility index (Phi) is 2.36. The van der Waals surface area contributed by atoms with Crippen LogP contribution in [0.5, 0.6) is 0 Å². The van der Waals surface area contributed by atoms with Crippen LogP contribution in [0.1, 0.15) is 38.5 Å². The summed E-state index contributed by atoms with van der Waals surface area (Å²) in [4.78, 5) is 22.1. The van der Waals surface area contributed by atoms with Crippen LogP contribution in [0.15, 0.2) is 0 Å². The third-order valence-electron chi connectivity index (χ3n) is 4.46. The number of carboxylic acids is 1. The second-order valence-electron chi connectivity index (χ2n) is 6.06. The number of rotatable bonds is 1. The van der Waals surface area contributed by atoms with Gasteiger partial charge in [0.05, 0.1) is 5.60 Å². The molecule has 5 heteroatoms. The fraction of sp³-hybridized carbons (Fsp3) is 0.833. The van der Waals surface area contributed by atoms with Crippen molar-refractivity contribution in [2.75, 3.05) is 0 Å². The van der Waals surface area contributed by atoms with Crippen molar-refractivity contribution in [3.63, 3.8) is 0 Å². The third kappa shape index (κ3) is 1.89. The van der Waals surface area contributed by atoms with E-state index in [1.165, 1.54) is 0 Å². The van der Waals surface area contributed by atoms with Crippen molar-refractivity contribution in [1.82, 2.24) is 0 Å². The van der Waals surface area contributed by atoms with E-state index in [-0.39, 0.29) is 4.75 Å². The van der Waals surface area contributed by atoms with E-state index in [2.05, 4.69) is 0 Å². The van der Waals surface area contributed by atoms with Gasteiger partial charge in [-0.3, -0.25) is 4.79 Å². The van der Waals surface area contributed by atoms with E-state index in [0.29, 0.717) is 18.3 Å². The topological polar surface area (TPSA) is 74.6 Å². The number of carbonyl (C=O) groups is 2. The highest BCUT2D eigenvalue weighted by Gasteiger charge is 2.58. The van der Waals surface area contributed by atoms with Crippen LogP contribution in [0.25, 0.3) is 0 Å². The molecule has 0 aromatic carbocycles. The number of hydrogen-bond acceptors (Lipinski definition) is 4. The van der Waals surface area contributed by atoms with E-state index in [9.17, 15) is 14.7 Å². The van der Waals surface area contributed by atoms with Crippen molar-refractivity contribution in [2.24, 2.45) is 11.8 Å². The first-order valence-corrected chi connectivity index (χ1v) is 6.90. The monoisotopic (exact) mass is 256 g/mol. The van der Waals surface area contributed by atoms with E-state index >= 15 is 0 Å². The molecular formula is C12H16O4S. The summed E-state index contributed by atoms with van der Waals surface area (Å²) in [6.45, 7) is 0. The van der Waals surface area contributed by atoms with Gasteiger partial charge in [0, 0.05) is 4.75 Å². The third-order valence-corrected chi connectivity index (χ3v) is 5.73. The van der Waals surface area contributed by atoms with Gasteiger partial charge in [0.1, 0.15) is 0 Å². The summed E-state index contributed by atoms with van der Waals surface area (Å²) in [5.74, 6) is -0.400. The molecule has 2 unspecified atom stereocenters. The average molecular weight is 256 g/mol. The Morgan fingerprint density at radius 1 is 1.12 bits per heavy atom. The van der Waals surface area contributed by atoms with Crippen LogP contribution < -0.4 is 0 Å². The Labute approximate surface area is 104 Å². The SMILES string of the molecule is O=C(O)C(=O)SC12CC3CC(CC(O)(C3)C1)C2. The molecule has 0 aromatic heterocycles. The smallest absolute Gasteiger partial charge is 0.383 e. The van der Waals surface area contributed by atoms with Gasteiger partial charge >= 0.3 is 5.97 Å². The van der Waals surface area contributed by atoms with E-state index in [0.717, 1.165) is 43.9 Å². The molecule has 4 rings (SSSR count). The van der Waals surface area contributed by atoms with Crippen molar-refractivity contribution < 1.29 is 19.8 Å². The molecule has 0 spiro atoms. The fourth-order valence-electron chi connectivity index (χ4n) is 4.49. The van der Waals surface area contributed by atoms with Crippen molar-refractivity contribution in [1.29, 1.82) is 0 Å². The molecule has 4 aliphatic carbocycles. The molecular weight excluding hydrogens is 240 g/mol. The molecule has 4 bridgehead atoms. The highest BCUT2D eigenvalue weighted by atomic mass is 32.2. The van der Waals surface area contributed by atoms with E-state index in [1.807, 2.05) is 0 Å². The average Bonchev–Trinajstić information content (AvgIpc) is 2.11. The molecule has 2 N–H and O–H groups in total. The summed E-state index contributed by atoms with van der Waals surface area (Å²) in [6, 6.07) is 0. The highest BCUT2D eigenvalue weighted by Crippen LogP contribution is 2.62. The predicted octanol–water partition coefficient (Wildman–Crippen LogP) is 1.41.